The zero-order valence-corrected chi connectivity index (χ0v) is 16.1. The van der Waals surface area contributed by atoms with Gasteiger partial charge in [0.05, 0.1) is 19.3 Å². The Balaban J connectivity index is 1.88. The average molecular weight is 381 g/mol. The van der Waals surface area contributed by atoms with Crippen molar-refractivity contribution in [3.8, 4) is 0 Å². The van der Waals surface area contributed by atoms with Gasteiger partial charge < -0.3 is 4.74 Å². The molecule has 1 aromatic heterocycles. The Morgan fingerprint density at radius 3 is 2.28 bits per heavy atom. The first-order chi connectivity index (χ1) is 12.0. The van der Waals surface area contributed by atoms with Gasteiger partial charge in [-0.05, 0) is 28.5 Å². The van der Waals surface area contributed by atoms with E-state index in [1.807, 2.05) is 29.6 Å². The van der Waals surface area contributed by atoms with E-state index >= 15 is 0 Å². The molecule has 0 spiro atoms. The third kappa shape index (κ3) is 4.48. The second kappa shape index (κ2) is 7.97. The van der Waals surface area contributed by atoms with Gasteiger partial charge in [-0.15, -0.1) is 11.3 Å². The van der Waals surface area contributed by atoms with Gasteiger partial charge >= 0.3 is 0 Å². The van der Waals surface area contributed by atoms with E-state index in [2.05, 4.69) is 30.7 Å². The van der Waals surface area contributed by atoms with Gasteiger partial charge in [-0.2, -0.15) is 17.4 Å². The van der Waals surface area contributed by atoms with Crippen molar-refractivity contribution in [3.05, 3.63) is 57.8 Å². The van der Waals surface area contributed by atoms with Gasteiger partial charge in [0, 0.05) is 18.0 Å². The molecular formula is C18H24N2O3S2. The molecule has 0 saturated carbocycles. The summed E-state index contributed by atoms with van der Waals surface area (Å²) in [7, 11) is -3.57. The van der Waals surface area contributed by atoms with E-state index in [-0.39, 0.29) is 6.04 Å². The molecule has 1 aliphatic rings. The van der Waals surface area contributed by atoms with Crippen molar-refractivity contribution in [2.24, 2.45) is 0 Å². The summed E-state index contributed by atoms with van der Waals surface area (Å²) in [6.07, 6.45) is 0. The summed E-state index contributed by atoms with van der Waals surface area (Å²) in [5, 5.41) is 1.97. The van der Waals surface area contributed by atoms with Crippen LogP contribution in [0, 0.1) is 0 Å². The van der Waals surface area contributed by atoms with Crippen LogP contribution in [0.1, 0.15) is 41.8 Å². The fraction of sp³-hybridized carbons (Fsp3) is 0.444. The van der Waals surface area contributed by atoms with Crippen LogP contribution in [-0.2, 0) is 14.9 Å². The second-order valence-electron chi connectivity index (χ2n) is 6.40. The van der Waals surface area contributed by atoms with Crippen molar-refractivity contribution < 1.29 is 13.2 Å². The number of nitrogens with zero attached hydrogens (tertiary/aromatic N) is 1. The lowest BCUT2D eigenvalue weighted by Gasteiger charge is -2.28. The molecule has 0 unspecified atom stereocenters. The molecule has 0 amide bonds. The molecule has 7 heteroatoms. The van der Waals surface area contributed by atoms with Crippen LogP contribution < -0.4 is 4.72 Å². The van der Waals surface area contributed by atoms with Crippen LogP contribution in [0.4, 0.5) is 0 Å². The lowest BCUT2D eigenvalue weighted by atomic mass is 9.99. The Labute approximate surface area is 153 Å². The van der Waals surface area contributed by atoms with Crippen molar-refractivity contribution in [1.82, 2.24) is 9.03 Å². The van der Waals surface area contributed by atoms with E-state index in [9.17, 15) is 8.42 Å². The lowest BCUT2D eigenvalue weighted by molar-refractivity contribution is 0.0724. The summed E-state index contributed by atoms with van der Waals surface area (Å²) in [6, 6.07) is 11.7. The molecule has 0 bridgehead atoms. The van der Waals surface area contributed by atoms with E-state index in [0.29, 0.717) is 32.2 Å². The third-order valence-corrected chi connectivity index (χ3v) is 6.86. The quantitative estimate of drug-likeness (QED) is 0.838. The van der Waals surface area contributed by atoms with Crippen LogP contribution in [-0.4, -0.2) is 39.0 Å². The van der Waals surface area contributed by atoms with Crippen LogP contribution in [0.5, 0.6) is 0 Å². The van der Waals surface area contributed by atoms with Gasteiger partial charge in [-0.1, -0.05) is 44.2 Å². The lowest BCUT2D eigenvalue weighted by Crippen LogP contribution is -2.47. The topological polar surface area (TPSA) is 58.6 Å². The summed E-state index contributed by atoms with van der Waals surface area (Å²) >= 11 is 1.55. The van der Waals surface area contributed by atoms with E-state index < -0.39 is 10.2 Å². The molecule has 5 nitrogen and oxygen atoms in total. The maximum atomic E-state index is 12.8. The van der Waals surface area contributed by atoms with Crippen LogP contribution in [0.15, 0.2) is 41.8 Å². The Kier molecular flexibility index (Phi) is 5.91. The number of morpholine rings is 1. The van der Waals surface area contributed by atoms with Crippen LogP contribution in [0.3, 0.4) is 0 Å². The number of hydrogen-bond acceptors (Lipinski definition) is 4. The number of rotatable bonds is 6. The van der Waals surface area contributed by atoms with Gasteiger partial charge in [-0.25, -0.2) is 0 Å². The molecule has 1 aromatic carbocycles. The highest BCUT2D eigenvalue weighted by molar-refractivity contribution is 7.87. The van der Waals surface area contributed by atoms with Gasteiger partial charge in [0.1, 0.15) is 0 Å². The van der Waals surface area contributed by atoms with Crippen molar-refractivity contribution >= 4 is 21.5 Å². The fourth-order valence-corrected chi connectivity index (χ4v) is 5.05. The van der Waals surface area contributed by atoms with E-state index in [1.54, 1.807) is 11.3 Å². The van der Waals surface area contributed by atoms with Gasteiger partial charge in [0.2, 0.25) is 0 Å². The Morgan fingerprint density at radius 2 is 1.72 bits per heavy atom. The third-order valence-electron chi connectivity index (χ3n) is 4.34. The molecule has 1 aliphatic heterocycles. The summed E-state index contributed by atoms with van der Waals surface area (Å²) < 4.78 is 35.2. The van der Waals surface area contributed by atoms with E-state index in [1.165, 1.54) is 9.87 Å². The number of hydrogen-bond donors (Lipinski definition) is 1. The first-order valence-corrected chi connectivity index (χ1v) is 10.8. The van der Waals surface area contributed by atoms with Crippen molar-refractivity contribution in [2.45, 2.75) is 25.8 Å². The van der Waals surface area contributed by atoms with Crippen LogP contribution in [0.25, 0.3) is 0 Å². The number of benzene rings is 1. The number of nitrogens with one attached hydrogen (secondary N) is 1. The maximum absolute atomic E-state index is 12.8. The van der Waals surface area contributed by atoms with Crippen LogP contribution in [0.2, 0.25) is 0 Å². The molecule has 1 N–H and O–H groups in total. The summed E-state index contributed by atoms with van der Waals surface area (Å²) in [5.74, 6) is 0.444. The largest absolute Gasteiger partial charge is 0.379 e. The second-order valence-corrected chi connectivity index (χ2v) is 9.09. The molecule has 1 saturated heterocycles. The minimum atomic E-state index is -3.57. The summed E-state index contributed by atoms with van der Waals surface area (Å²) in [5.41, 5.74) is 2.19. The van der Waals surface area contributed by atoms with E-state index in [0.717, 1.165) is 10.4 Å². The molecular weight excluding hydrogens is 356 g/mol. The van der Waals surface area contributed by atoms with Gasteiger partial charge in [0.15, 0.2) is 0 Å². The molecule has 136 valence electrons. The average Bonchev–Trinajstić information content (AvgIpc) is 3.15. The van der Waals surface area contributed by atoms with Gasteiger partial charge in [-0.3, -0.25) is 0 Å². The zero-order chi connectivity index (χ0) is 17.9. The number of ether oxygens (including phenoxy) is 1. The Bertz CT molecular complexity index is 765. The zero-order valence-electron chi connectivity index (χ0n) is 14.5. The van der Waals surface area contributed by atoms with Crippen LogP contribution >= 0.6 is 11.3 Å². The normalized spacial score (nSPS) is 17.7. The van der Waals surface area contributed by atoms with Crippen molar-refractivity contribution in [3.63, 3.8) is 0 Å². The fourth-order valence-electron chi connectivity index (χ4n) is 2.83. The predicted molar refractivity (Wildman–Crippen MR) is 101 cm³/mol. The van der Waals surface area contributed by atoms with Gasteiger partial charge in [0.25, 0.3) is 10.2 Å². The van der Waals surface area contributed by atoms with Crippen molar-refractivity contribution in [2.75, 3.05) is 26.3 Å². The molecule has 2 aromatic rings. The summed E-state index contributed by atoms with van der Waals surface area (Å²) in [6.45, 7) is 5.94. The first-order valence-electron chi connectivity index (χ1n) is 8.46. The monoisotopic (exact) mass is 380 g/mol. The standard InChI is InChI=1S/C18H24N2O3S2/c1-14(2)15-5-7-16(8-6-15)18(17-4-3-13-24-17)19-25(21,22)20-9-11-23-12-10-20/h3-8,13-14,18-19H,9-12H2,1-2H3/t18-/m0/s1. The molecule has 1 atom stereocenters. The molecule has 25 heavy (non-hydrogen) atoms. The number of thiophene rings is 1. The molecule has 0 aliphatic carbocycles. The minimum Gasteiger partial charge on any atom is -0.379 e. The molecule has 3 rings (SSSR count). The smallest absolute Gasteiger partial charge is 0.280 e. The maximum Gasteiger partial charge on any atom is 0.280 e. The Morgan fingerprint density at radius 1 is 1.08 bits per heavy atom. The minimum absolute atomic E-state index is 0.381. The summed E-state index contributed by atoms with van der Waals surface area (Å²) in [4.78, 5) is 0.981. The molecule has 0 radical (unpaired) electrons. The first kappa shape index (κ1) is 18.5. The van der Waals surface area contributed by atoms with E-state index in [4.69, 9.17) is 4.74 Å². The molecule has 1 fully saturated rings. The predicted octanol–water partition coefficient (Wildman–Crippen LogP) is 3.13. The highest BCUT2D eigenvalue weighted by Crippen LogP contribution is 2.28. The van der Waals surface area contributed by atoms with Crippen molar-refractivity contribution in [1.29, 1.82) is 0 Å². The highest BCUT2D eigenvalue weighted by Gasteiger charge is 2.29. The highest BCUT2D eigenvalue weighted by atomic mass is 32.2. The Hall–Kier alpha value is -1.25. The SMILES string of the molecule is CC(C)c1ccc([C@H](NS(=O)(=O)N2CCOCC2)c2cccs2)cc1. The molecule has 2 heterocycles.